The first-order chi connectivity index (χ1) is 13.7. The lowest BCUT2D eigenvalue weighted by Crippen LogP contribution is -2.13. The molecule has 0 aliphatic heterocycles. The summed E-state index contributed by atoms with van der Waals surface area (Å²) in [5.41, 5.74) is 4.91. The maximum absolute atomic E-state index is 12.8. The van der Waals surface area contributed by atoms with Gasteiger partial charge in [0, 0.05) is 23.6 Å². The third kappa shape index (κ3) is 3.69. The van der Waals surface area contributed by atoms with E-state index in [4.69, 9.17) is 0 Å². The molecule has 4 rings (SSSR count). The van der Waals surface area contributed by atoms with Crippen LogP contribution in [0, 0.1) is 0 Å². The molecule has 0 unspecified atom stereocenters. The number of anilines is 1. The highest BCUT2D eigenvalue weighted by Crippen LogP contribution is 2.24. The molecular weight excluding hydrogens is 348 g/mol. The predicted molar refractivity (Wildman–Crippen MR) is 111 cm³/mol. The zero-order valence-electron chi connectivity index (χ0n) is 15.5. The molecule has 0 saturated heterocycles. The molecule has 1 N–H and O–H groups in total. The van der Waals surface area contributed by atoms with E-state index in [-0.39, 0.29) is 5.91 Å². The molecule has 0 saturated carbocycles. The minimum Gasteiger partial charge on any atom is -0.321 e. The SMILES string of the molecule is CCc1ccc(NC(=O)c2cc(-c3cccnc3)n(-c3ccccc3)n2)cc1. The molecule has 1 amide bonds. The van der Waals surface area contributed by atoms with Gasteiger partial charge in [0.25, 0.3) is 5.91 Å². The van der Waals surface area contributed by atoms with Crippen molar-refractivity contribution in [3.63, 3.8) is 0 Å². The van der Waals surface area contributed by atoms with Gasteiger partial charge in [-0.1, -0.05) is 37.3 Å². The molecule has 2 heterocycles. The summed E-state index contributed by atoms with van der Waals surface area (Å²) in [4.78, 5) is 17.0. The van der Waals surface area contributed by atoms with Crippen molar-refractivity contribution in [1.82, 2.24) is 14.8 Å². The van der Waals surface area contributed by atoms with E-state index >= 15 is 0 Å². The van der Waals surface area contributed by atoms with Crippen LogP contribution in [0.5, 0.6) is 0 Å². The van der Waals surface area contributed by atoms with Crippen molar-refractivity contribution in [3.05, 3.63) is 96.4 Å². The van der Waals surface area contributed by atoms with Crippen LogP contribution in [-0.2, 0) is 6.42 Å². The van der Waals surface area contributed by atoms with Crippen molar-refractivity contribution < 1.29 is 4.79 Å². The van der Waals surface area contributed by atoms with Crippen LogP contribution in [-0.4, -0.2) is 20.7 Å². The number of pyridine rings is 1. The van der Waals surface area contributed by atoms with Crippen LogP contribution < -0.4 is 5.32 Å². The Labute approximate surface area is 163 Å². The number of hydrogen-bond donors (Lipinski definition) is 1. The quantitative estimate of drug-likeness (QED) is 0.553. The summed E-state index contributed by atoms with van der Waals surface area (Å²) in [5.74, 6) is -0.246. The highest BCUT2D eigenvalue weighted by atomic mass is 16.1. The lowest BCUT2D eigenvalue weighted by Gasteiger charge is -2.06. The Hall–Kier alpha value is -3.73. The number of carbonyl (C=O) groups excluding carboxylic acids is 1. The summed E-state index contributed by atoms with van der Waals surface area (Å²) in [6, 6.07) is 23.2. The summed E-state index contributed by atoms with van der Waals surface area (Å²) < 4.78 is 1.77. The molecule has 0 aliphatic carbocycles. The molecular formula is C23H20N4O. The first kappa shape index (κ1) is 17.7. The van der Waals surface area contributed by atoms with Gasteiger partial charge in [0.05, 0.1) is 11.4 Å². The van der Waals surface area contributed by atoms with E-state index in [2.05, 4.69) is 22.3 Å². The van der Waals surface area contributed by atoms with Crippen LogP contribution in [0.2, 0.25) is 0 Å². The van der Waals surface area contributed by atoms with Crippen molar-refractivity contribution >= 4 is 11.6 Å². The van der Waals surface area contributed by atoms with Crippen LogP contribution in [0.25, 0.3) is 16.9 Å². The average Bonchev–Trinajstić information content (AvgIpc) is 3.21. The molecule has 2 aromatic carbocycles. The summed E-state index contributed by atoms with van der Waals surface area (Å²) in [5, 5.41) is 7.49. The zero-order chi connectivity index (χ0) is 19.3. The van der Waals surface area contributed by atoms with Gasteiger partial charge in [0.15, 0.2) is 5.69 Å². The number of aromatic nitrogens is 3. The van der Waals surface area contributed by atoms with Gasteiger partial charge in [-0.3, -0.25) is 9.78 Å². The Morgan fingerprint density at radius 2 is 1.79 bits per heavy atom. The molecule has 0 fully saturated rings. The molecule has 5 heteroatoms. The van der Waals surface area contributed by atoms with Gasteiger partial charge in [-0.25, -0.2) is 4.68 Å². The van der Waals surface area contributed by atoms with E-state index in [9.17, 15) is 4.79 Å². The number of nitrogens with one attached hydrogen (secondary N) is 1. The Kier molecular flexibility index (Phi) is 4.97. The second-order valence-corrected chi connectivity index (χ2v) is 6.41. The van der Waals surface area contributed by atoms with Crippen LogP contribution >= 0.6 is 0 Å². The summed E-state index contributed by atoms with van der Waals surface area (Å²) >= 11 is 0. The summed E-state index contributed by atoms with van der Waals surface area (Å²) in [6.07, 6.45) is 4.45. The predicted octanol–water partition coefficient (Wildman–Crippen LogP) is 4.75. The van der Waals surface area contributed by atoms with Gasteiger partial charge in [0.2, 0.25) is 0 Å². The normalized spacial score (nSPS) is 10.6. The fourth-order valence-electron chi connectivity index (χ4n) is 3.00. The first-order valence-electron chi connectivity index (χ1n) is 9.21. The van der Waals surface area contributed by atoms with Gasteiger partial charge in [-0.15, -0.1) is 0 Å². The Morgan fingerprint density at radius 3 is 2.46 bits per heavy atom. The van der Waals surface area contributed by atoms with Crippen LogP contribution in [0.3, 0.4) is 0 Å². The highest BCUT2D eigenvalue weighted by Gasteiger charge is 2.17. The number of benzene rings is 2. The molecule has 0 atom stereocenters. The first-order valence-corrected chi connectivity index (χ1v) is 9.21. The van der Waals surface area contributed by atoms with E-state index in [1.807, 2.05) is 66.7 Å². The van der Waals surface area contributed by atoms with Crippen LogP contribution in [0.15, 0.2) is 85.2 Å². The smallest absolute Gasteiger partial charge is 0.276 e. The number of amides is 1. The molecule has 0 aliphatic rings. The number of carbonyl (C=O) groups is 1. The van der Waals surface area contributed by atoms with Gasteiger partial charge in [0.1, 0.15) is 0 Å². The number of aryl methyl sites for hydroxylation is 1. The van der Waals surface area contributed by atoms with Gasteiger partial charge in [-0.05, 0) is 54.4 Å². The zero-order valence-corrected chi connectivity index (χ0v) is 15.5. The topological polar surface area (TPSA) is 59.8 Å². The lowest BCUT2D eigenvalue weighted by molar-refractivity contribution is 0.102. The van der Waals surface area contributed by atoms with Gasteiger partial charge < -0.3 is 5.32 Å². The van der Waals surface area contributed by atoms with Crippen molar-refractivity contribution in [2.24, 2.45) is 0 Å². The van der Waals surface area contributed by atoms with Crippen molar-refractivity contribution in [1.29, 1.82) is 0 Å². The minimum absolute atomic E-state index is 0.246. The van der Waals surface area contributed by atoms with Crippen molar-refractivity contribution in [2.45, 2.75) is 13.3 Å². The standard InChI is InChI=1S/C23H20N4O/c1-2-17-10-12-19(13-11-17)25-23(28)21-15-22(18-7-6-14-24-16-18)27(26-21)20-8-4-3-5-9-20/h3-16H,2H2,1H3,(H,25,28). The molecule has 2 aromatic heterocycles. The fourth-order valence-corrected chi connectivity index (χ4v) is 3.00. The van der Waals surface area contributed by atoms with Gasteiger partial charge in [-0.2, -0.15) is 5.10 Å². The molecule has 4 aromatic rings. The van der Waals surface area contributed by atoms with E-state index in [1.54, 1.807) is 23.1 Å². The molecule has 138 valence electrons. The number of rotatable bonds is 5. The average molecular weight is 368 g/mol. The molecule has 28 heavy (non-hydrogen) atoms. The third-order valence-electron chi connectivity index (χ3n) is 4.52. The number of hydrogen-bond acceptors (Lipinski definition) is 3. The van der Waals surface area contributed by atoms with E-state index in [1.165, 1.54) is 5.56 Å². The van der Waals surface area contributed by atoms with Crippen LogP contribution in [0.4, 0.5) is 5.69 Å². The third-order valence-corrected chi connectivity index (χ3v) is 4.52. The second-order valence-electron chi connectivity index (χ2n) is 6.41. The second kappa shape index (κ2) is 7.88. The van der Waals surface area contributed by atoms with E-state index < -0.39 is 0 Å². The van der Waals surface area contributed by atoms with E-state index in [0.29, 0.717) is 5.69 Å². The fraction of sp³-hybridized carbons (Fsp3) is 0.0870. The van der Waals surface area contributed by atoms with Gasteiger partial charge >= 0.3 is 0 Å². The largest absolute Gasteiger partial charge is 0.321 e. The number of nitrogens with zero attached hydrogens (tertiary/aromatic N) is 3. The van der Waals surface area contributed by atoms with Crippen molar-refractivity contribution in [2.75, 3.05) is 5.32 Å². The lowest BCUT2D eigenvalue weighted by atomic mass is 10.1. The monoisotopic (exact) mass is 368 g/mol. The maximum Gasteiger partial charge on any atom is 0.276 e. The van der Waals surface area contributed by atoms with E-state index in [0.717, 1.165) is 29.1 Å². The molecule has 0 spiro atoms. The maximum atomic E-state index is 12.8. The van der Waals surface area contributed by atoms with Crippen molar-refractivity contribution in [3.8, 4) is 16.9 Å². The Balaban J connectivity index is 1.69. The number of para-hydroxylation sites is 1. The summed E-state index contributed by atoms with van der Waals surface area (Å²) in [6.45, 7) is 2.10. The van der Waals surface area contributed by atoms with Crippen LogP contribution in [0.1, 0.15) is 23.0 Å². The molecule has 0 radical (unpaired) electrons. The molecule has 5 nitrogen and oxygen atoms in total. The Bertz CT molecular complexity index is 1010. The summed E-state index contributed by atoms with van der Waals surface area (Å²) in [7, 11) is 0. The minimum atomic E-state index is -0.246. The highest BCUT2D eigenvalue weighted by molar-refractivity contribution is 6.03. The molecule has 0 bridgehead atoms. The Morgan fingerprint density at radius 1 is 1.00 bits per heavy atom.